The lowest BCUT2D eigenvalue weighted by molar-refractivity contribution is -0.113. The van der Waals surface area contributed by atoms with Crippen molar-refractivity contribution in [3.63, 3.8) is 0 Å². The lowest BCUT2D eigenvalue weighted by atomic mass is 10.2. The molecule has 4 aromatic carbocycles. The molecule has 0 radical (unpaired) electrons. The monoisotopic (exact) mass is 602 g/mol. The Labute approximate surface area is 240 Å². The van der Waals surface area contributed by atoms with Crippen LogP contribution in [0.4, 0.5) is 11.4 Å². The molecule has 0 aliphatic carbocycles. The van der Waals surface area contributed by atoms with E-state index < -0.39 is 0 Å². The minimum Gasteiger partial charge on any atom is -0.488 e. The number of thioether (sulfide) groups is 1. The van der Waals surface area contributed by atoms with Gasteiger partial charge < -0.3 is 4.74 Å². The van der Waals surface area contributed by atoms with Crippen LogP contribution in [-0.2, 0) is 11.4 Å². The van der Waals surface area contributed by atoms with E-state index in [0.29, 0.717) is 27.5 Å². The number of ether oxygens (including phenoxy) is 1. The van der Waals surface area contributed by atoms with Crippen molar-refractivity contribution < 1.29 is 9.53 Å². The van der Waals surface area contributed by atoms with Crippen molar-refractivity contribution in [2.45, 2.75) is 20.5 Å². The van der Waals surface area contributed by atoms with Gasteiger partial charge in [0.2, 0.25) is 0 Å². The zero-order valence-corrected chi connectivity index (χ0v) is 24.0. The molecule has 38 heavy (non-hydrogen) atoms. The van der Waals surface area contributed by atoms with Gasteiger partial charge in [-0.2, -0.15) is 0 Å². The van der Waals surface area contributed by atoms with Gasteiger partial charge in [0.05, 0.1) is 20.8 Å². The van der Waals surface area contributed by atoms with Crippen molar-refractivity contribution in [1.29, 1.82) is 0 Å². The normalized spacial score (nSPS) is 15.5. The predicted octanol–water partition coefficient (Wildman–Crippen LogP) is 9.11. The van der Waals surface area contributed by atoms with Gasteiger partial charge in [0.1, 0.15) is 12.4 Å². The number of aliphatic imine (C=N–C) groups is 1. The average Bonchev–Trinajstić information content (AvgIpc) is 3.20. The van der Waals surface area contributed by atoms with Gasteiger partial charge in [-0.25, -0.2) is 4.99 Å². The highest BCUT2D eigenvalue weighted by atomic mass is 79.9. The van der Waals surface area contributed by atoms with Gasteiger partial charge in [0.25, 0.3) is 5.91 Å². The molecule has 4 aromatic rings. The Hall–Kier alpha value is -3.32. The Morgan fingerprint density at radius 2 is 1.63 bits per heavy atom. The molecule has 190 valence electrons. The first-order valence-electron chi connectivity index (χ1n) is 12.0. The molecule has 5 rings (SSSR count). The fourth-order valence-electron chi connectivity index (χ4n) is 3.85. The van der Waals surface area contributed by atoms with E-state index in [-0.39, 0.29) is 5.91 Å². The smallest absolute Gasteiger partial charge is 0.271 e. The lowest BCUT2D eigenvalue weighted by Crippen LogP contribution is -2.28. The van der Waals surface area contributed by atoms with E-state index in [4.69, 9.17) is 21.3 Å². The minimum absolute atomic E-state index is 0.111. The first-order chi connectivity index (χ1) is 18.4. The van der Waals surface area contributed by atoms with Gasteiger partial charge in [-0.1, -0.05) is 71.3 Å². The van der Waals surface area contributed by atoms with E-state index in [1.165, 1.54) is 11.8 Å². The molecule has 0 atom stereocenters. The zero-order valence-electron chi connectivity index (χ0n) is 20.8. The van der Waals surface area contributed by atoms with E-state index in [0.717, 1.165) is 38.1 Å². The van der Waals surface area contributed by atoms with Crippen LogP contribution in [0.15, 0.2) is 105 Å². The Balaban J connectivity index is 1.42. The molecule has 0 saturated carbocycles. The van der Waals surface area contributed by atoms with E-state index in [9.17, 15) is 4.79 Å². The van der Waals surface area contributed by atoms with Crippen LogP contribution in [0.25, 0.3) is 6.08 Å². The molecule has 4 nitrogen and oxygen atoms in total. The summed E-state index contributed by atoms with van der Waals surface area (Å²) in [5, 5.41) is 1.29. The first-order valence-corrected chi connectivity index (χ1v) is 14.0. The molecule has 0 aromatic heterocycles. The van der Waals surface area contributed by atoms with Gasteiger partial charge in [0.15, 0.2) is 5.17 Å². The SMILES string of the molecule is Cc1ccc(N=C2S/C(=C\c3ccc(OCc4ccccc4Cl)c(Br)c3)C(=O)N2c2ccc(C)cc2)cc1. The van der Waals surface area contributed by atoms with Crippen molar-refractivity contribution >= 4 is 67.8 Å². The quantitative estimate of drug-likeness (QED) is 0.206. The van der Waals surface area contributed by atoms with Gasteiger partial charge in [-0.15, -0.1) is 0 Å². The average molecular weight is 604 g/mol. The largest absolute Gasteiger partial charge is 0.488 e. The van der Waals surface area contributed by atoms with Gasteiger partial charge in [-0.05, 0) is 95.6 Å². The molecular formula is C31H24BrClN2O2S. The topological polar surface area (TPSA) is 41.9 Å². The van der Waals surface area contributed by atoms with Crippen molar-refractivity contribution in [2.75, 3.05) is 4.90 Å². The number of halogens is 2. The summed E-state index contributed by atoms with van der Waals surface area (Å²) in [6.45, 7) is 4.42. The second kappa shape index (κ2) is 11.6. The number of hydrogen-bond donors (Lipinski definition) is 0. The molecule has 1 saturated heterocycles. The molecule has 1 amide bonds. The van der Waals surface area contributed by atoms with Crippen LogP contribution < -0.4 is 9.64 Å². The number of carbonyl (C=O) groups is 1. The van der Waals surface area contributed by atoms with E-state index >= 15 is 0 Å². The summed E-state index contributed by atoms with van der Waals surface area (Å²) in [6, 6.07) is 29.2. The Kier molecular flexibility index (Phi) is 8.03. The molecule has 0 spiro atoms. The summed E-state index contributed by atoms with van der Waals surface area (Å²) in [5.41, 5.74) is 5.65. The summed E-state index contributed by atoms with van der Waals surface area (Å²) in [4.78, 5) is 20.7. The van der Waals surface area contributed by atoms with Crippen LogP contribution in [0.1, 0.15) is 22.3 Å². The summed E-state index contributed by atoms with van der Waals surface area (Å²) < 4.78 is 6.76. The number of rotatable bonds is 6. The highest BCUT2D eigenvalue weighted by Gasteiger charge is 2.34. The van der Waals surface area contributed by atoms with Crippen LogP contribution in [0.5, 0.6) is 5.75 Å². The second-order valence-corrected chi connectivity index (χ2v) is 11.2. The van der Waals surface area contributed by atoms with Crippen molar-refractivity contribution in [3.05, 3.63) is 128 Å². The van der Waals surface area contributed by atoms with Crippen LogP contribution in [0.2, 0.25) is 5.02 Å². The van der Waals surface area contributed by atoms with Crippen LogP contribution in [0, 0.1) is 13.8 Å². The maximum atomic E-state index is 13.6. The summed E-state index contributed by atoms with van der Waals surface area (Å²) in [6.07, 6.45) is 1.88. The molecule has 0 unspecified atom stereocenters. The number of carbonyl (C=O) groups excluding carboxylic acids is 1. The van der Waals surface area contributed by atoms with Crippen molar-refractivity contribution in [3.8, 4) is 5.75 Å². The standard InChI is InChI=1S/C31H24BrClN2O2S/c1-20-7-12-24(13-8-20)34-31-35(25-14-9-21(2)10-15-25)30(36)29(38-31)18-22-11-16-28(26(32)17-22)37-19-23-5-3-4-6-27(23)33/h3-18H,19H2,1-2H3/b29-18-,34-31?. The van der Waals surface area contributed by atoms with E-state index in [2.05, 4.69) is 15.9 Å². The molecule has 1 aliphatic heterocycles. The van der Waals surface area contributed by atoms with Crippen LogP contribution >= 0.6 is 39.3 Å². The molecule has 1 aliphatic rings. The predicted molar refractivity (Wildman–Crippen MR) is 162 cm³/mol. The maximum Gasteiger partial charge on any atom is 0.271 e. The summed E-state index contributed by atoms with van der Waals surface area (Å²) in [5.74, 6) is 0.584. The van der Waals surface area contributed by atoms with Crippen molar-refractivity contribution in [1.82, 2.24) is 0 Å². The number of benzene rings is 4. The van der Waals surface area contributed by atoms with E-state index in [1.807, 2.05) is 111 Å². The molecular weight excluding hydrogens is 580 g/mol. The second-order valence-electron chi connectivity index (χ2n) is 8.89. The third-order valence-corrected chi connectivity index (χ3v) is 7.91. The number of anilines is 1. The van der Waals surface area contributed by atoms with E-state index in [1.54, 1.807) is 4.90 Å². The van der Waals surface area contributed by atoms with Crippen LogP contribution in [0.3, 0.4) is 0 Å². The first kappa shape index (κ1) is 26.3. The fourth-order valence-corrected chi connectivity index (χ4v) is 5.55. The van der Waals surface area contributed by atoms with Crippen molar-refractivity contribution in [2.24, 2.45) is 4.99 Å². The molecule has 7 heteroatoms. The summed E-state index contributed by atoms with van der Waals surface area (Å²) >= 11 is 11.2. The zero-order chi connectivity index (χ0) is 26.6. The Morgan fingerprint density at radius 3 is 2.32 bits per heavy atom. The van der Waals surface area contributed by atoms with Gasteiger partial charge >= 0.3 is 0 Å². The van der Waals surface area contributed by atoms with Crippen LogP contribution in [-0.4, -0.2) is 11.1 Å². The number of aryl methyl sites for hydroxylation is 2. The number of nitrogens with zero attached hydrogens (tertiary/aromatic N) is 2. The minimum atomic E-state index is -0.111. The fraction of sp³-hybridized carbons (Fsp3) is 0.0968. The van der Waals surface area contributed by atoms with Gasteiger partial charge in [-0.3, -0.25) is 9.69 Å². The summed E-state index contributed by atoms with van der Waals surface area (Å²) in [7, 11) is 0. The number of amidine groups is 1. The molecule has 0 bridgehead atoms. The van der Waals surface area contributed by atoms with Gasteiger partial charge in [0, 0.05) is 10.6 Å². The molecule has 0 N–H and O–H groups in total. The molecule has 1 heterocycles. The Morgan fingerprint density at radius 1 is 0.947 bits per heavy atom. The highest BCUT2D eigenvalue weighted by Crippen LogP contribution is 2.38. The number of amides is 1. The third-order valence-electron chi connectivity index (χ3n) is 5.95. The Bertz CT molecular complexity index is 1550. The number of hydrogen-bond acceptors (Lipinski definition) is 4. The maximum absolute atomic E-state index is 13.6. The lowest BCUT2D eigenvalue weighted by Gasteiger charge is -2.16. The highest BCUT2D eigenvalue weighted by molar-refractivity contribution is 9.10. The molecule has 1 fully saturated rings. The third kappa shape index (κ3) is 6.04.